The summed E-state index contributed by atoms with van der Waals surface area (Å²) < 4.78 is 1.73. The summed E-state index contributed by atoms with van der Waals surface area (Å²) in [5.74, 6) is -1.01. The molecule has 0 aliphatic rings. The topological polar surface area (TPSA) is 55.1 Å². The fourth-order valence-electron chi connectivity index (χ4n) is 3.11. The van der Waals surface area contributed by atoms with Crippen molar-refractivity contribution in [3.63, 3.8) is 0 Å². The van der Waals surface area contributed by atoms with Crippen molar-refractivity contribution in [2.45, 2.75) is 33.6 Å². The van der Waals surface area contributed by atoms with E-state index in [1.54, 1.807) is 22.9 Å². The van der Waals surface area contributed by atoms with E-state index in [2.05, 4.69) is 5.10 Å². The molecule has 0 amide bonds. The number of aryl methyl sites for hydroxylation is 2. The predicted molar refractivity (Wildman–Crippen MR) is 109 cm³/mol. The third-order valence-electron chi connectivity index (χ3n) is 4.55. The van der Waals surface area contributed by atoms with Gasteiger partial charge in [0.25, 0.3) is 0 Å². The minimum atomic E-state index is -1.01. The minimum absolute atomic E-state index is 0.188. The van der Waals surface area contributed by atoms with Crippen LogP contribution in [-0.2, 0) is 6.42 Å². The molecule has 2 aromatic carbocycles. The van der Waals surface area contributed by atoms with E-state index in [9.17, 15) is 9.90 Å². The molecule has 0 radical (unpaired) electrons. The van der Waals surface area contributed by atoms with Crippen molar-refractivity contribution in [1.82, 2.24) is 9.78 Å². The Bertz CT molecular complexity index is 1010. The van der Waals surface area contributed by atoms with E-state index < -0.39 is 5.97 Å². The molecule has 0 spiro atoms. The Kier molecular flexibility index (Phi) is 5.59. The zero-order chi connectivity index (χ0) is 19.7. The van der Waals surface area contributed by atoms with Crippen LogP contribution < -0.4 is 0 Å². The molecule has 0 saturated carbocycles. The number of aromatic carboxylic acids is 1. The van der Waals surface area contributed by atoms with Gasteiger partial charge in [-0.1, -0.05) is 42.6 Å². The summed E-state index contributed by atoms with van der Waals surface area (Å²) in [6, 6.07) is 11.0. The number of hydrogen-bond donors (Lipinski definition) is 1. The first kappa shape index (κ1) is 19.5. The molecular weight excluding hydrogens is 383 g/mol. The molecule has 140 valence electrons. The SMILES string of the molecule is CCCc1c(C(=O)O)c(-c2cc(Cl)cc(Cl)c2)nn1-c1ccc(C)c(C)c1. The Hall–Kier alpha value is -2.30. The third-order valence-corrected chi connectivity index (χ3v) is 4.99. The highest BCUT2D eigenvalue weighted by Gasteiger charge is 2.25. The number of carboxylic acid groups (broad SMARTS) is 1. The molecule has 0 atom stereocenters. The van der Waals surface area contributed by atoms with Crippen LogP contribution in [0.3, 0.4) is 0 Å². The van der Waals surface area contributed by atoms with E-state index in [0.29, 0.717) is 33.4 Å². The molecule has 0 fully saturated rings. The first-order chi connectivity index (χ1) is 12.8. The lowest BCUT2D eigenvalue weighted by atomic mass is 10.0. The van der Waals surface area contributed by atoms with Crippen LogP contribution in [0.4, 0.5) is 0 Å². The molecule has 0 unspecified atom stereocenters. The maximum Gasteiger partial charge on any atom is 0.339 e. The van der Waals surface area contributed by atoms with E-state index >= 15 is 0 Å². The molecule has 27 heavy (non-hydrogen) atoms. The van der Waals surface area contributed by atoms with Crippen LogP contribution in [0.25, 0.3) is 16.9 Å². The van der Waals surface area contributed by atoms with Gasteiger partial charge in [0.1, 0.15) is 11.3 Å². The summed E-state index contributed by atoms with van der Waals surface area (Å²) in [4.78, 5) is 12.1. The first-order valence-corrected chi connectivity index (χ1v) is 9.46. The van der Waals surface area contributed by atoms with Gasteiger partial charge in [-0.05, 0) is 61.7 Å². The Morgan fingerprint density at radius 2 is 1.74 bits per heavy atom. The van der Waals surface area contributed by atoms with Crippen molar-refractivity contribution in [1.29, 1.82) is 0 Å². The lowest BCUT2D eigenvalue weighted by molar-refractivity contribution is 0.0696. The van der Waals surface area contributed by atoms with Crippen LogP contribution in [-0.4, -0.2) is 20.9 Å². The minimum Gasteiger partial charge on any atom is -0.478 e. The van der Waals surface area contributed by atoms with Crippen molar-refractivity contribution in [3.8, 4) is 16.9 Å². The third kappa shape index (κ3) is 3.87. The molecule has 0 aliphatic carbocycles. The summed E-state index contributed by atoms with van der Waals surface area (Å²) in [6.07, 6.45) is 1.39. The average Bonchev–Trinajstić information content (AvgIpc) is 2.96. The molecular formula is C21H20Cl2N2O2. The van der Waals surface area contributed by atoms with E-state index in [4.69, 9.17) is 23.2 Å². The highest BCUT2D eigenvalue weighted by atomic mass is 35.5. The fraction of sp³-hybridized carbons (Fsp3) is 0.238. The van der Waals surface area contributed by atoms with Gasteiger partial charge >= 0.3 is 5.97 Å². The molecule has 1 aromatic heterocycles. The molecule has 6 heteroatoms. The zero-order valence-corrected chi connectivity index (χ0v) is 16.9. The van der Waals surface area contributed by atoms with E-state index in [1.165, 1.54) is 5.56 Å². The second-order valence-electron chi connectivity index (χ2n) is 6.56. The van der Waals surface area contributed by atoms with E-state index in [1.807, 2.05) is 39.0 Å². The normalized spacial score (nSPS) is 11.0. The fourth-order valence-corrected chi connectivity index (χ4v) is 3.63. The number of halogens is 2. The number of hydrogen-bond acceptors (Lipinski definition) is 2. The summed E-state index contributed by atoms with van der Waals surface area (Å²) >= 11 is 12.3. The smallest absolute Gasteiger partial charge is 0.339 e. The molecule has 0 aliphatic heterocycles. The van der Waals surface area contributed by atoms with Crippen molar-refractivity contribution in [3.05, 3.63) is 68.8 Å². The number of nitrogens with zero attached hydrogens (tertiary/aromatic N) is 2. The maximum absolute atomic E-state index is 12.1. The molecule has 0 bridgehead atoms. The standard InChI is InChI=1S/C21H20Cl2N2O2/c1-4-5-18-19(21(26)27)20(14-9-15(22)11-16(23)10-14)24-25(18)17-7-6-12(2)13(3)8-17/h6-11H,4-5H2,1-3H3,(H,26,27). The van der Waals surface area contributed by atoms with Crippen LogP contribution in [0.5, 0.6) is 0 Å². The van der Waals surface area contributed by atoms with E-state index in [-0.39, 0.29) is 5.56 Å². The van der Waals surface area contributed by atoms with Gasteiger partial charge in [-0.25, -0.2) is 9.48 Å². The van der Waals surface area contributed by atoms with Gasteiger partial charge in [0.2, 0.25) is 0 Å². The van der Waals surface area contributed by atoms with Crippen molar-refractivity contribution in [2.24, 2.45) is 0 Å². The number of carbonyl (C=O) groups is 1. The Labute approximate surface area is 168 Å². The first-order valence-electron chi connectivity index (χ1n) is 8.71. The van der Waals surface area contributed by atoms with Crippen LogP contribution in [0.15, 0.2) is 36.4 Å². The van der Waals surface area contributed by atoms with Gasteiger partial charge in [-0.3, -0.25) is 0 Å². The highest BCUT2D eigenvalue weighted by Crippen LogP contribution is 2.32. The van der Waals surface area contributed by atoms with Crippen molar-refractivity contribution < 1.29 is 9.90 Å². The molecule has 1 heterocycles. The van der Waals surface area contributed by atoms with Gasteiger partial charge in [-0.15, -0.1) is 0 Å². The summed E-state index contributed by atoms with van der Waals surface area (Å²) in [7, 11) is 0. The quantitative estimate of drug-likeness (QED) is 0.559. The summed E-state index contributed by atoms with van der Waals surface area (Å²) in [5, 5.41) is 15.4. The van der Waals surface area contributed by atoms with Crippen LogP contribution >= 0.6 is 23.2 Å². The summed E-state index contributed by atoms with van der Waals surface area (Å²) in [6.45, 7) is 6.08. The Morgan fingerprint density at radius 1 is 1.07 bits per heavy atom. The lowest BCUT2D eigenvalue weighted by Crippen LogP contribution is -2.07. The van der Waals surface area contributed by atoms with Crippen molar-refractivity contribution in [2.75, 3.05) is 0 Å². The maximum atomic E-state index is 12.1. The monoisotopic (exact) mass is 402 g/mol. The van der Waals surface area contributed by atoms with Gasteiger partial charge in [0, 0.05) is 15.6 Å². The Balaban J connectivity index is 2.31. The number of carboxylic acids is 1. The molecule has 3 rings (SSSR count). The van der Waals surface area contributed by atoms with Gasteiger partial charge in [0.15, 0.2) is 0 Å². The van der Waals surface area contributed by atoms with Gasteiger partial charge in [-0.2, -0.15) is 5.10 Å². The second kappa shape index (κ2) is 7.75. The molecule has 4 nitrogen and oxygen atoms in total. The Morgan fingerprint density at radius 3 is 2.30 bits per heavy atom. The predicted octanol–water partition coefficient (Wildman–Crippen LogP) is 6.11. The molecule has 1 N–H and O–H groups in total. The van der Waals surface area contributed by atoms with Gasteiger partial charge < -0.3 is 5.11 Å². The molecule has 3 aromatic rings. The number of aromatic nitrogens is 2. The van der Waals surface area contributed by atoms with Gasteiger partial charge in [0.05, 0.1) is 11.4 Å². The largest absolute Gasteiger partial charge is 0.478 e. The lowest BCUT2D eigenvalue weighted by Gasteiger charge is -2.09. The zero-order valence-electron chi connectivity index (χ0n) is 15.4. The molecule has 0 saturated heterocycles. The number of benzene rings is 2. The number of rotatable bonds is 5. The van der Waals surface area contributed by atoms with Crippen molar-refractivity contribution >= 4 is 29.2 Å². The summed E-state index contributed by atoms with van der Waals surface area (Å²) in [5.41, 5.74) is 4.94. The van der Waals surface area contributed by atoms with Crippen LogP contribution in [0, 0.1) is 13.8 Å². The van der Waals surface area contributed by atoms with Crippen LogP contribution in [0.1, 0.15) is 40.5 Å². The van der Waals surface area contributed by atoms with E-state index in [0.717, 1.165) is 17.7 Å². The highest BCUT2D eigenvalue weighted by molar-refractivity contribution is 6.35. The second-order valence-corrected chi connectivity index (χ2v) is 7.44. The average molecular weight is 403 g/mol. The van der Waals surface area contributed by atoms with Crippen LogP contribution in [0.2, 0.25) is 10.0 Å².